The summed E-state index contributed by atoms with van der Waals surface area (Å²) >= 11 is 0. The quantitative estimate of drug-likeness (QED) is 0.129. The first-order chi connectivity index (χ1) is 24.4. The molecule has 1 aliphatic carbocycles. The summed E-state index contributed by atoms with van der Waals surface area (Å²) in [4.78, 5) is 42.5. The summed E-state index contributed by atoms with van der Waals surface area (Å²) in [6.45, 7) is 4.74. The summed E-state index contributed by atoms with van der Waals surface area (Å²) in [5.74, 6) is -4.38. The number of fused-ring (bicyclic) bond motifs is 1. The first-order valence-corrected chi connectivity index (χ1v) is 16.5. The van der Waals surface area contributed by atoms with Crippen LogP contribution in [0.4, 0.5) is 24.9 Å². The third kappa shape index (κ3) is 7.65. The molecule has 3 heterocycles. The average Bonchev–Trinajstić information content (AvgIpc) is 3.82. The number of amides is 1. The molecule has 0 aliphatic heterocycles. The van der Waals surface area contributed by atoms with Gasteiger partial charge in [0.25, 0.3) is 0 Å². The standard InChI is InChI=1S/C35H38F3N9O4/c1-20(2)46-17-23(44-19-46)13-14-40-34-45-27-31(41-16-25(21-9-5-3-6-10-21)22-11-7-4-8-12-22)42-18-43-32(27)47(34)26-15-24(30(39)49)28(48)29(26)51-33(50)35(36,37)38/h3-12,17-20,24-26,28-29,48H,13-16H2,1-2H3,(H2,39,49)(H,40,45)(H,41,42,43)/t24-,26+,28+,29-/m0/s1. The fraction of sp³-hybridized carbons (Fsp3) is 0.371. The maximum atomic E-state index is 13.4. The number of nitrogens with one attached hydrogen (secondary N) is 2. The van der Waals surface area contributed by atoms with Crippen LogP contribution in [0.15, 0.2) is 79.5 Å². The fourth-order valence-corrected chi connectivity index (χ4v) is 6.43. The molecule has 0 saturated heterocycles. The van der Waals surface area contributed by atoms with Crippen LogP contribution in [0.25, 0.3) is 11.2 Å². The summed E-state index contributed by atoms with van der Waals surface area (Å²) in [5.41, 5.74) is 8.88. The second-order valence-electron chi connectivity index (χ2n) is 12.7. The molecule has 0 unspecified atom stereocenters. The minimum atomic E-state index is -5.35. The molecule has 268 valence electrons. The number of esters is 1. The van der Waals surface area contributed by atoms with Gasteiger partial charge in [-0.25, -0.2) is 24.7 Å². The number of anilines is 2. The summed E-state index contributed by atoms with van der Waals surface area (Å²) < 4.78 is 48.4. The predicted octanol–water partition coefficient (Wildman–Crippen LogP) is 4.38. The van der Waals surface area contributed by atoms with Crippen LogP contribution in [-0.4, -0.2) is 77.5 Å². The topological polar surface area (TPSA) is 175 Å². The number of imidazole rings is 2. The van der Waals surface area contributed by atoms with E-state index in [2.05, 4.69) is 25.6 Å². The molecule has 1 amide bonds. The van der Waals surface area contributed by atoms with Crippen LogP contribution in [0, 0.1) is 5.92 Å². The van der Waals surface area contributed by atoms with Crippen LogP contribution in [0.2, 0.25) is 0 Å². The number of carbonyl (C=O) groups is 2. The van der Waals surface area contributed by atoms with E-state index in [-0.39, 0.29) is 35.5 Å². The number of primary amides is 1. The molecule has 0 bridgehead atoms. The number of carbonyl (C=O) groups excluding carboxylic acids is 2. The van der Waals surface area contributed by atoms with E-state index < -0.39 is 42.2 Å². The summed E-state index contributed by atoms with van der Waals surface area (Å²) in [7, 11) is 0. The van der Waals surface area contributed by atoms with Gasteiger partial charge in [-0.05, 0) is 31.4 Å². The molecular formula is C35H38F3N9O4. The van der Waals surface area contributed by atoms with E-state index in [9.17, 15) is 27.9 Å². The van der Waals surface area contributed by atoms with Crippen molar-refractivity contribution in [3.05, 3.63) is 96.3 Å². The van der Waals surface area contributed by atoms with Gasteiger partial charge in [0.05, 0.1) is 24.0 Å². The summed E-state index contributed by atoms with van der Waals surface area (Å²) in [6.07, 6.45) is -3.84. The number of benzene rings is 2. The molecule has 3 aromatic heterocycles. The zero-order valence-corrected chi connectivity index (χ0v) is 27.9. The largest absolute Gasteiger partial charge is 0.490 e. The zero-order valence-electron chi connectivity index (χ0n) is 27.9. The lowest BCUT2D eigenvalue weighted by Crippen LogP contribution is -2.41. The molecule has 0 radical (unpaired) electrons. The highest BCUT2D eigenvalue weighted by Crippen LogP contribution is 2.42. The van der Waals surface area contributed by atoms with E-state index in [0.717, 1.165) is 16.8 Å². The van der Waals surface area contributed by atoms with E-state index in [1.54, 1.807) is 6.33 Å². The molecule has 0 spiro atoms. The van der Waals surface area contributed by atoms with Gasteiger partial charge in [0.1, 0.15) is 18.5 Å². The third-order valence-corrected chi connectivity index (χ3v) is 9.07. The van der Waals surface area contributed by atoms with Crippen LogP contribution in [0.5, 0.6) is 0 Å². The van der Waals surface area contributed by atoms with Gasteiger partial charge in [-0.1, -0.05) is 60.7 Å². The molecule has 13 nitrogen and oxygen atoms in total. The molecular weight excluding hydrogens is 667 g/mol. The van der Waals surface area contributed by atoms with Gasteiger partial charge >= 0.3 is 12.1 Å². The van der Waals surface area contributed by atoms with Crippen molar-refractivity contribution in [3.63, 3.8) is 0 Å². The average molecular weight is 706 g/mol. The molecule has 1 fully saturated rings. The lowest BCUT2D eigenvalue weighted by atomic mass is 9.91. The SMILES string of the molecule is CC(C)n1cnc(CCNc2nc3c(NCC(c4ccccc4)c4ccccc4)ncnc3n2[C@@H]2C[C@H](C(N)=O)[C@@H](O)[C@H]2OC(=O)C(F)(F)F)c1. The molecule has 5 N–H and O–H groups in total. The molecule has 1 saturated carbocycles. The van der Waals surface area contributed by atoms with E-state index in [1.807, 2.05) is 85.3 Å². The van der Waals surface area contributed by atoms with Gasteiger partial charge in [-0.2, -0.15) is 13.2 Å². The smallest absolute Gasteiger partial charge is 0.451 e. The van der Waals surface area contributed by atoms with Crippen molar-refractivity contribution >= 4 is 34.8 Å². The van der Waals surface area contributed by atoms with Crippen molar-refractivity contribution in [1.29, 1.82) is 0 Å². The Hall–Kier alpha value is -5.51. The highest BCUT2D eigenvalue weighted by Gasteiger charge is 2.52. The van der Waals surface area contributed by atoms with Gasteiger partial charge in [0.2, 0.25) is 11.9 Å². The molecule has 2 aromatic carbocycles. The highest BCUT2D eigenvalue weighted by molar-refractivity contribution is 5.86. The Kier molecular flexibility index (Phi) is 10.2. The summed E-state index contributed by atoms with van der Waals surface area (Å²) in [6, 6.07) is 18.8. The number of hydrogen-bond donors (Lipinski definition) is 4. The van der Waals surface area contributed by atoms with E-state index >= 15 is 0 Å². The Morgan fingerprint density at radius 3 is 2.27 bits per heavy atom. The second-order valence-corrected chi connectivity index (χ2v) is 12.7. The highest BCUT2D eigenvalue weighted by atomic mass is 19.4. The minimum Gasteiger partial charge on any atom is -0.451 e. The van der Waals surface area contributed by atoms with Gasteiger partial charge < -0.3 is 30.8 Å². The van der Waals surface area contributed by atoms with E-state index in [1.165, 1.54) is 10.9 Å². The lowest BCUT2D eigenvalue weighted by Gasteiger charge is -2.25. The Bertz CT molecular complexity index is 1930. The Morgan fingerprint density at radius 1 is 1.02 bits per heavy atom. The lowest BCUT2D eigenvalue weighted by molar-refractivity contribution is -0.210. The van der Waals surface area contributed by atoms with Crippen molar-refractivity contribution in [2.75, 3.05) is 23.7 Å². The molecule has 51 heavy (non-hydrogen) atoms. The predicted molar refractivity (Wildman–Crippen MR) is 182 cm³/mol. The maximum Gasteiger partial charge on any atom is 0.490 e. The fourth-order valence-electron chi connectivity index (χ4n) is 6.43. The van der Waals surface area contributed by atoms with Gasteiger partial charge in [-0.15, -0.1) is 0 Å². The van der Waals surface area contributed by atoms with E-state index in [4.69, 9.17) is 15.5 Å². The number of rotatable bonds is 13. The van der Waals surface area contributed by atoms with Gasteiger partial charge in [-0.3, -0.25) is 9.36 Å². The number of halogens is 3. The van der Waals surface area contributed by atoms with E-state index in [0.29, 0.717) is 25.3 Å². The molecule has 6 rings (SSSR count). The molecule has 5 aromatic rings. The first kappa shape index (κ1) is 35.3. The normalized spacial score (nSPS) is 19.1. The van der Waals surface area contributed by atoms with Crippen molar-refractivity contribution in [2.45, 2.75) is 63.1 Å². The zero-order chi connectivity index (χ0) is 36.3. The first-order valence-electron chi connectivity index (χ1n) is 16.5. The van der Waals surface area contributed by atoms with Crippen LogP contribution < -0.4 is 16.4 Å². The van der Waals surface area contributed by atoms with Gasteiger partial charge in [0, 0.05) is 37.7 Å². The summed E-state index contributed by atoms with van der Waals surface area (Å²) in [5, 5.41) is 17.6. The van der Waals surface area contributed by atoms with Crippen molar-refractivity contribution in [1.82, 2.24) is 29.1 Å². The van der Waals surface area contributed by atoms with Crippen LogP contribution >= 0.6 is 0 Å². The third-order valence-electron chi connectivity index (χ3n) is 9.07. The number of nitrogens with zero attached hydrogens (tertiary/aromatic N) is 6. The maximum absolute atomic E-state index is 13.4. The Labute approximate surface area is 291 Å². The minimum absolute atomic E-state index is 0.0878. The number of aromatic nitrogens is 6. The van der Waals surface area contributed by atoms with Crippen molar-refractivity contribution in [2.24, 2.45) is 11.7 Å². The number of aliphatic hydroxyl groups is 1. The number of ether oxygens (including phenoxy) is 1. The van der Waals surface area contributed by atoms with Crippen molar-refractivity contribution in [3.8, 4) is 0 Å². The van der Waals surface area contributed by atoms with Gasteiger partial charge in [0.15, 0.2) is 17.0 Å². The van der Waals surface area contributed by atoms with Crippen LogP contribution in [0.1, 0.15) is 55.1 Å². The molecule has 16 heteroatoms. The molecule has 1 aliphatic rings. The van der Waals surface area contributed by atoms with Crippen LogP contribution in [0.3, 0.4) is 0 Å². The Balaban J connectivity index is 1.38. The monoisotopic (exact) mass is 705 g/mol. The number of hydrogen-bond acceptors (Lipinski definition) is 10. The van der Waals surface area contributed by atoms with Crippen LogP contribution in [-0.2, 0) is 20.7 Å². The number of aliphatic hydroxyl groups excluding tert-OH is 1. The van der Waals surface area contributed by atoms with Crippen molar-refractivity contribution < 1.29 is 32.6 Å². The molecule has 4 atom stereocenters. The number of nitrogens with two attached hydrogens (primary N) is 1. The second kappa shape index (κ2) is 14.8. The Morgan fingerprint density at radius 2 is 1.69 bits per heavy atom. The number of alkyl halides is 3.